The molecular formula is C9H16N4O4. The molecule has 0 aromatic heterocycles. The van der Waals surface area contributed by atoms with E-state index in [1.54, 1.807) is 6.92 Å². The van der Waals surface area contributed by atoms with Gasteiger partial charge in [0.25, 0.3) is 0 Å². The summed E-state index contributed by atoms with van der Waals surface area (Å²) in [6, 6.07) is -2.44. The number of nitrogens with one attached hydrogen (secondary N) is 2. The predicted octanol–water partition coefficient (Wildman–Crippen LogP) is -2.07. The van der Waals surface area contributed by atoms with Gasteiger partial charge in [0.05, 0.1) is 6.04 Å². The molecule has 0 aromatic rings. The number of imide groups is 1. The molecule has 1 saturated heterocycles. The van der Waals surface area contributed by atoms with Crippen LogP contribution in [0.1, 0.15) is 6.92 Å². The normalized spacial score (nSPS) is 22.8. The lowest BCUT2D eigenvalue weighted by molar-refractivity contribution is -0.146. The van der Waals surface area contributed by atoms with E-state index >= 15 is 0 Å². The quantitative estimate of drug-likeness (QED) is 0.452. The fraction of sp³-hybridized carbons (Fsp3) is 0.667. The van der Waals surface area contributed by atoms with E-state index in [2.05, 4.69) is 5.32 Å². The summed E-state index contributed by atoms with van der Waals surface area (Å²) in [4.78, 5) is 34.6. The van der Waals surface area contributed by atoms with Crippen LogP contribution in [0.2, 0.25) is 0 Å². The number of carbonyl (C=O) groups excluding carboxylic acids is 2. The molecule has 0 spiro atoms. The van der Waals surface area contributed by atoms with Crippen LogP contribution in [0, 0.1) is 0 Å². The summed E-state index contributed by atoms with van der Waals surface area (Å²) in [5.74, 6) is -1.60. The van der Waals surface area contributed by atoms with Crippen LogP contribution >= 0.6 is 0 Å². The Balaban J connectivity index is 2.70. The van der Waals surface area contributed by atoms with Crippen molar-refractivity contribution in [3.05, 3.63) is 0 Å². The lowest BCUT2D eigenvalue weighted by Crippen LogP contribution is -2.61. The molecular weight excluding hydrogens is 228 g/mol. The van der Waals surface area contributed by atoms with Crippen LogP contribution in [0.15, 0.2) is 0 Å². The summed E-state index contributed by atoms with van der Waals surface area (Å²) in [5.41, 5.74) is 4.84. The minimum atomic E-state index is -1.00. The molecule has 8 heteroatoms. The fourth-order valence-electron chi connectivity index (χ4n) is 1.79. The number of hydrogen-bond donors (Lipinski definition) is 4. The van der Waals surface area contributed by atoms with Gasteiger partial charge in [-0.05, 0) is 6.92 Å². The molecule has 96 valence electrons. The van der Waals surface area contributed by atoms with Crippen molar-refractivity contribution < 1.29 is 19.5 Å². The Labute approximate surface area is 98.1 Å². The first-order valence-corrected chi connectivity index (χ1v) is 5.23. The molecule has 0 aromatic carbocycles. The fourth-order valence-corrected chi connectivity index (χ4v) is 1.79. The van der Waals surface area contributed by atoms with Crippen molar-refractivity contribution in [1.29, 1.82) is 0 Å². The molecule has 3 amide bonds. The van der Waals surface area contributed by atoms with Crippen molar-refractivity contribution in [2.45, 2.75) is 19.0 Å². The summed E-state index contributed by atoms with van der Waals surface area (Å²) in [7, 11) is 0. The molecule has 2 unspecified atom stereocenters. The van der Waals surface area contributed by atoms with Crippen molar-refractivity contribution in [3.8, 4) is 0 Å². The van der Waals surface area contributed by atoms with Crippen molar-refractivity contribution >= 4 is 17.9 Å². The van der Waals surface area contributed by atoms with Crippen LogP contribution in [0.25, 0.3) is 0 Å². The minimum absolute atomic E-state index is 0.267. The van der Waals surface area contributed by atoms with Crippen molar-refractivity contribution in [2.24, 2.45) is 5.73 Å². The maximum absolute atomic E-state index is 11.6. The van der Waals surface area contributed by atoms with Crippen molar-refractivity contribution in [2.75, 3.05) is 19.6 Å². The number of aliphatic carboxylic acids is 1. The van der Waals surface area contributed by atoms with Crippen LogP contribution in [-0.2, 0) is 9.59 Å². The molecule has 0 bridgehead atoms. The third-order valence-electron chi connectivity index (χ3n) is 2.69. The average Bonchev–Trinajstić information content (AvgIpc) is 2.27. The summed E-state index contributed by atoms with van der Waals surface area (Å²) in [6.07, 6.45) is 0. The molecule has 0 aliphatic carbocycles. The second-order valence-electron chi connectivity index (χ2n) is 3.83. The van der Waals surface area contributed by atoms with Crippen LogP contribution in [0.3, 0.4) is 0 Å². The first kappa shape index (κ1) is 13.4. The minimum Gasteiger partial charge on any atom is -0.480 e. The molecule has 2 atom stereocenters. The van der Waals surface area contributed by atoms with Gasteiger partial charge in [-0.2, -0.15) is 0 Å². The van der Waals surface area contributed by atoms with Gasteiger partial charge in [0.15, 0.2) is 0 Å². The lowest BCUT2D eigenvalue weighted by Gasteiger charge is -2.36. The average molecular weight is 244 g/mol. The number of amides is 3. The Morgan fingerprint density at radius 1 is 1.53 bits per heavy atom. The Morgan fingerprint density at radius 2 is 2.18 bits per heavy atom. The summed E-state index contributed by atoms with van der Waals surface area (Å²) >= 11 is 0. The highest BCUT2D eigenvalue weighted by Crippen LogP contribution is 2.09. The zero-order valence-electron chi connectivity index (χ0n) is 9.47. The van der Waals surface area contributed by atoms with E-state index in [-0.39, 0.29) is 6.54 Å². The number of primary amides is 1. The monoisotopic (exact) mass is 244 g/mol. The van der Waals surface area contributed by atoms with E-state index in [4.69, 9.17) is 10.8 Å². The topological polar surface area (TPSA) is 125 Å². The summed E-state index contributed by atoms with van der Waals surface area (Å²) in [5, 5.41) is 13.9. The van der Waals surface area contributed by atoms with E-state index in [9.17, 15) is 14.4 Å². The number of carboxylic acid groups (broad SMARTS) is 1. The standard InChI is InChI=1S/C9H16N4O4/c1-5(7(14)12-9(10)17)13-3-2-11-4-6(13)8(15)16/h5-6,11H,2-4H2,1H3,(H,15,16)(H3,10,12,14,17). The highest BCUT2D eigenvalue weighted by Gasteiger charge is 2.34. The van der Waals surface area contributed by atoms with Gasteiger partial charge < -0.3 is 16.2 Å². The Hall–Kier alpha value is -1.67. The SMILES string of the molecule is CC(C(=O)NC(N)=O)N1CCNCC1C(=O)O. The van der Waals surface area contributed by atoms with Crippen molar-refractivity contribution in [1.82, 2.24) is 15.5 Å². The molecule has 5 N–H and O–H groups in total. The van der Waals surface area contributed by atoms with E-state index in [0.29, 0.717) is 13.1 Å². The molecule has 1 aliphatic rings. The maximum atomic E-state index is 11.6. The van der Waals surface area contributed by atoms with Gasteiger partial charge in [-0.25, -0.2) is 4.79 Å². The Kier molecular flexibility index (Phi) is 4.41. The Bertz CT molecular complexity index is 333. The van der Waals surface area contributed by atoms with Gasteiger partial charge >= 0.3 is 12.0 Å². The summed E-state index contributed by atoms with van der Waals surface area (Å²) < 4.78 is 0. The third kappa shape index (κ3) is 3.40. The first-order chi connectivity index (χ1) is 7.93. The zero-order chi connectivity index (χ0) is 13.0. The lowest BCUT2D eigenvalue weighted by atomic mass is 10.1. The number of nitrogens with two attached hydrogens (primary N) is 1. The smallest absolute Gasteiger partial charge is 0.322 e. The molecule has 1 heterocycles. The molecule has 0 saturated carbocycles. The molecule has 0 radical (unpaired) electrons. The largest absolute Gasteiger partial charge is 0.480 e. The third-order valence-corrected chi connectivity index (χ3v) is 2.69. The van der Waals surface area contributed by atoms with Crippen LogP contribution in [-0.4, -0.2) is 59.6 Å². The van der Waals surface area contributed by atoms with E-state index < -0.39 is 30.0 Å². The number of piperazine rings is 1. The van der Waals surface area contributed by atoms with Gasteiger partial charge in [-0.1, -0.05) is 0 Å². The molecule has 8 nitrogen and oxygen atoms in total. The van der Waals surface area contributed by atoms with Gasteiger partial charge in [-0.3, -0.25) is 19.8 Å². The second kappa shape index (κ2) is 5.60. The second-order valence-corrected chi connectivity index (χ2v) is 3.83. The molecule has 1 aliphatic heterocycles. The van der Waals surface area contributed by atoms with Gasteiger partial charge in [-0.15, -0.1) is 0 Å². The van der Waals surface area contributed by atoms with E-state index in [1.165, 1.54) is 4.90 Å². The van der Waals surface area contributed by atoms with Gasteiger partial charge in [0, 0.05) is 19.6 Å². The highest BCUT2D eigenvalue weighted by molar-refractivity contribution is 5.96. The van der Waals surface area contributed by atoms with Crippen LogP contribution in [0.5, 0.6) is 0 Å². The molecule has 1 fully saturated rings. The number of rotatable bonds is 3. The van der Waals surface area contributed by atoms with Gasteiger partial charge in [0.1, 0.15) is 6.04 Å². The Morgan fingerprint density at radius 3 is 2.71 bits per heavy atom. The molecule has 17 heavy (non-hydrogen) atoms. The number of carboxylic acids is 1. The van der Waals surface area contributed by atoms with E-state index in [0.717, 1.165) is 0 Å². The molecule has 1 rings (SSSR count). The highest BCUT2D eigenvalue weighted by atomic mass is 16.4. The summed E-state index contributed by atoms with van der Waals surface area (Å²) in [6.45, 7) is 2.82. The number of urea groups is 1. The maximum Gasteiger partial charge on any atom is 0.322 e. The first-order valence-electron chi connectivity index (χ1n) is 5.23. The number of hydrogen-bond acceptors (Lipinski definition) is 5. The van der Waals surface area contributed by atoms with E-state index in [1.807, 2.05) is 5.32 Å². The van der Waals surface area contributed by atoms with Gasteiger partial charge in [0.2, 0.25) is 5.91 Å². The number of carbonyl (C=O) groups is 3. The van der Waals surface area contributed by atoms with Crippen LogP contribution < -0.4 is 16.4 Å². The number of nitrogens with zero attached hydrogens (tertiary/aromatic N) is 1. The zero-order valence-corrected chi connectivity index (χ0v) is 9.47. The van der Waals surface area contributed by atoms with Crippen LogP contribution in [0.4, 0.5) is 4.79 Å². The van der Waals surface area contributed by atoms with Crippen molar-refractivity contribution in [3.63, 3.8) is 0 Å². The predicted molar refractivity (Wildman–Crippen MR) is 58.2 cm³/mol.